The van der Waals surface area contributed by atoms with E-state index in [1.54, 1.807) is 24.5 Å². The number of fused-ring (bicyclic) bond motifs is 2. The highest BCUT2D eigenvalue weighted by Gasteiger charge is 2.58. The molecule has 3 fully saturated rings. The van der Waals surface area contributed by atoms with Gasteiger partial charge in [0.1, 0.15) is 22.6 Å². The van der Waals surface area contributed by atoms with Gasteiger partial charge in [0.05, 0.1) is 18.4 Å². The number of phenols is 1. The lowest BCUT2D eigenvalue weighted by atomic mass is 9.82. The lowest BCUT2D eigenvalue weighted by Gasteiger charge is -2.48. The topological polar surface area (TPSA) is 100.0 Å². The van der Waals surface area contributed by atoms with Gasteiger partial charge in [-0.05, 0) is 76.0 Å². The molecular weight excluding hydrogens is 477 g/mol. The van der Waals surface area contributed by atoms with Gasteiger partial charge in [-0.2, -0.15) is 5.10 Å². The predicted molar refractivity (Wildman–Crippen MR) is 138 cm³/mol. The molecule has 3 aliphatic rings. The van der Waals surface area contributed by atoms with E-state index >= 15 is 4.39 Å². The van der Waals surface area contributed by atoms with E-state index in [0.29, 0.717) is 17.2 Å². The quantitative estimate of drug-likeness (QED) is 0.470. The number of hydrogen-bond acceptors (Lipinski definition) is 9. The Labute approximate surface area is 214 Å². The third-order valence-corrected chi connectivity index (χ3v) is 8.53. The molecule has 0 amide bonds. The number of alkyl halides is 1. The van der Waals surface area contributed by atoms with Crippen molar-refractivity contribution in [3.05, 3.63) is 36.7 Å². The molecule has 188 valence electrons. The smallest absolute Gasteiger partial charge is 0.245 e. The van der Waals surface area contributed by atoms with Crippen molar-refractivity contribution in [1.82, 2.24) is 30.7 Å². The minimum absolute atomic E-state index is 0.0725. The molecule has 3 aromatic rings. The summed E-state index contributed by atoms with van der Waals surface area (Å²) in [5.41, 5.74) is 2.12. The molecule has 0 spiro atoms. The van der Waals surface area contributed by atoms with Gasteiger partial charge in [-0.15, -0.1) is 27.1 Å². The van der Waals surface area contributed by atoms with E-state index in [9.17, 15) is 5.11 Å². The number of piperidine rings is 1. The van der Waals surface area contributed by atoms with Gasteiger partial charge in [0.15, 0.2) is 0 Å². The Bertz CT molecular complexity index is 1290. The fraction of sp³-hybridized carbons (Fsp3) is 0.500. The van der Waals surface area contributed by atoms with Crippen LogP contribution in [0.25, 0.3) is 22.4 Å². The van der Waals surface area contributed by atoms with Crippen molar-refractivity contribution < 1.29 is 9.50 Å². The van der Waals surface area contributed by atoms with Crippen LogP contribution in [0.5, 0.6) is 5.75 Å². The lowest BCUT2D eigenvalue weighted by Crippen LogP contribution is -2.66. The Kier molecular flexibility index (Phi) is 5.64. The zero-order valence-corrected chi connectivity index (χ0v) is 21.5. The molecule has 2 N–H and O–H groups in total. The number of aromatic nitrogens is 5. The normalized spacial score (nSPS) is 29.3. The largest absolute Gasteiger partial charge is 0.507 e. The highest BCUT2D eigenvalue weighted by molar-refractivity contribution is 7.98. The summed E-state index contributed by atoms with van der Waals surface area (Å²) < 4.78 is 15.8. The molecule has 4 heterocycles. The van der Waals surface area contributed by atoms with Gasteiger partial charge >= 0.3 is 0 Å². The second-order valence-electron chi connectivity index (χ2n) is 10.8. The Morgan fingerprint density at radius 2 is 1.92 bits per heavy atom. The molecule has 8 nitrogen and oxygen atoms in total. The van der Waals surface area contributed by atoms with Crippen LogP contribution in [0, 0.1) is 0 Å². The van der Waals surface area contributed by atoms with Gasteiger partial charge in [0, 0.05) is 28.2 Å². The first-order valence-electron chi connectivity index (χ1n) is 12.4. The molecule has 1 aromatic carbocycles. The highest BCUT2D eigenvalue weighted by atomic mass is 32.2. The third kappa shape index (κ3) is 4.10. The van der Waals surface area contributed by atoms with Crippen LogP contribution in [0.2, 0.25) is 0 Å². The monoisotopic (exact) mass is 507 g/mol. The number of halogens is 1. The summed E-state index contributed by atoms with van der Waals surface area (Å²) in [7, 11) is 0. The number of hydrogen-bond donors (Lipinski definition) is 2. The number of benzene rings is 1. The van der Waals surface area contributed by atoms with Gasteiger partial charge in [-0.3, -0.25) is 0 Å². The summed E-state index contributed by atoms with van der Waals surface area (Å²) in [4.78, 5) is 6.70. The van der Waals surface area contributed by atoms with Crippen LogP contribution in [0.3, 0.4) is 0 Å². The van der Waals surface area contributed by atoms with Crippen molar-refractivity contribution >= 4 is 17.7 Å². The van der Waals surface area contributed by atoms with Crippen molar-refractivity contribution in [1.29, 1.82) is 0 Å². The molecule has 1 saturated carbocycles. The lowest BCUT2D eigenvalue weighted by molar-refractivity contribution is 0.0828. The van der Waals surface area contributed by atoms with Crippen molar-refractivity contribution in [3.63, 3.8) is 0 Å². The minimum Gasteiger partial charge on any atom is -0.507 e. The molecule has 2 bridgehead atoms. The maximum atomic E-state index is 15.8. The fourth-order valence-electron chi connectivity index (χ4n) is 5.92. The van der Waals surface area contributed by atoms with E-state index in [0.717, 1.165) is 48.3 Å². The summed E-state index contributed by atoms with van der Waals surface area (Å²) in [6.45, 7) is 4.19. The van der Waals surface area contributed by atoms with Crippen LogP contribution >= 0.6 is 11.8 Å². The minimum atomic E-state index is -1.01. The number of nitrogens with zero attached hydrogens (tertiary/aromatic N) is 6. The average Bonchev–Trinajstić information content (AvgIpc) is 3.67. The maximum absolute atomic E-state index is 15.8. The molecule has 0 unspecified atom stereocenters. The number of phenolic OH excluding ortho intramolecular Hbond substituents is 1. The van der Waals surface area contributed by atoms with Gasteiger partial charge in [-0.25, -0.2) is 9.37 Å². The number of anilines is 1. The Morgan fingerprint density at radius 3 is 2.61 bits per heavy atom. The molecule has 0 radical (unpaired) electrons. The SMILES string of the molecule is CSc1cc(-c2ccc(-c3cnc(N(C4CC4)[C@@H]4C[C@@]5(C)CC[C@](C)(N5)[C@@H]4F)nn3)c(O)c2)cnn1. The Hall–Kier alpha value is -2.85. The second-order valence-corrected chi connectivity index (χ2v) is 11.6. The second kappa shape index (κ2) is 8.62. The van der Waals surface area contributed by atoms with Crippen molar-refractivity contribution in [2.75, 3.05) is 11.2 Å². The predicted octanol–water partition coefficient (Wildman–Crippen LogP) is 4.40. The summed E-state index contributed by atoms with van der Waals surface area (Å²) in [6.07, 6.45) is 8.78. The van der Waals surface area contributed by atoms with Crippen LogP contribution in [-0.2, 0) is 0 Å². The number of aromatic hydroxyl groups is 1. The van der Waals surface area contributed by atoms with E-state index < -0.39 is 11.7 Å². The summed E-state index contributed by atoms with van der Waals surface area (Å²) in [5, 5.41) is 32.1. The Balaban J connectivity index is 1.27. The molecule has 2 aromatic heterocycles. The van der Waals surface area contributed by atoms with Crippen LogP contribution in [0.1, 0.15) is 46.0 Å². The summed E-state index contributed by atoms with van der Waals surface area (Å²) >= 11 is 1.51. The first-order chi connectivity index (χ1) is 17.3. The molecule has 2 saturated heterocycles. The Morgan fingerprint density at radius 1 is 1.08 bits per heavy atom. The van der Waals surface area contributed by atoms with E-state index in [-0.39, 0.29) is 23.4 Å². The third-order valence-electron chi connectivity index (χ3n) is 7.92. The zero-order chi connectivity index (χ0) is 25.1. The average molecular weight is 508 g/mol. The zero-order valence-electron chi connectivity index (χ0n) is 20.6. The first kappa shape index (κ1) is 23.5. The van der Waals surface area contributed by atoms with Gasteiger partial charge in [-0.1, -0.05) is 6.07 Å². The van der Waals surface area contributed by atoms with Crippen molar-refractivity contribution in [2.24, 2.45) is 0 Å². The maximum Gasteiger partial charge on any atom is 0.245 e. The number of rotatable bonds is 6. The van der Waals surface area contributed by atoms with Crippen LogP contribution < -0.4 is 10.2 Å². The van der Waals surface area contributed by atoms with Crippen LogP contribution in [0.15, 0.2) is 41.7 Å². The van der Waals surface area contributed by atoms with E-state index in [4.69, 9.17) is 0 Å². The first-order valence-corrected chi connectivity index (χ1v) is 13.6. The van der Waals surface area contributed by atoms with Crippen LogP contribution in [-0.4, -0.2) is 66.1 Å². The highest BCUT2D eigenvalue weighted by Crippen LogP contribution is 2.47. The van der Waals surface area contributed by atoms with E-state index in [1.807, 2.05) is 25.3 Å². The number of thioether (sulfide) groups is 1. The molecule has 1 aliphatic carbocycles. The van der Waals surface area contributed by atoms with Crippen molar-refractivity contribution in [3.8, 4) is 28.1 Å². The summed E-state index contributed by atoms with van der Waals surface area (Å²) in [5.74, 6) is 0.545. The fourth-order valence-corrected chi connectivity index (χ4v) is 6.29. The van der Waals surface area contributed by atoms with Gasteiger partial charge in [0.2, 0.25) is 5.95 Å². The van der Waals surface area contributed by atoms with E-state index in [1.165, 1.54) is 11.8 Å². The summed E-state index contributed by atoms with van der Waals surface area (Å²) in [6, 6.07) is 7.29. The van der Waals surface area contributed by atoms with Gasteiger partial charge < -0.3 is 15.3 Å². The molecule has 36 heavy (non-hydrogen) atoms. The molecule has 4 atom stereocenters. The number of nitrogens with one attached hydrogen (secondary N) is 1. The van der Waals surface area contributed by atoms with Crippen LogP contribution in [0.4, 0.5) is 10.3 Å². The standard InChI is InChI=1S/C26H30FN7OS/c1-25-8-9-26(2,33-25)23(27)20(12-25)34(17-5-6-17)24-28-14-19(30-32-24)18-7-4-15(10-21(18)35)16-11-22(36-3)31-29-13-16/h4,7,10-11,13-14,17,20,23,33,35H,5-6,8-9,12H2,1-3H3/t20-,23-,25-,26+/m1/s1. The van der Waals surface area contributed by atoms with Crippen molar-refractivity contribution in [2.45, 2.75) is 80.3 Å². The molecule has 6 rings (SSSR count). The molecular formula is C26H30FN7OS. The molecule has 10 heteroatoms. The van der Waals surface area contributed by atoms with Gasteiger partial charge in [0.25, 0.3) is 0 Å². The van der Waals surface area contributed by atoms with E-state index in [2.05, 4.69) is 42.5 Å². The molecule has 2 aliphatic heterocycles.